The number of terminal acetylenes is 1. The number of nitrogens with zero attached hydrogens (tertiary/aromatic N) is 1. The first-order chi connectivity index (χ1) is 20.0. The fourth-order valence-corrected chi connectivity index (χ4v) is 4.79. The van der Waals surface area contributed by atoms with Crippen LogP contribution in [0, 0.1) is 19.3 Å². The molecule has 0 saturated carbocycles. The summed E-state index contributed by atoms with van der Waals surface area (Å²) in [6.07, 6.45) is 4.67. The van der Waals surface area contributed by atoms with Gasteiger partial charge >= 0.3 is 0 Å². The van der Waals surface area contributed by atoms with E-state index in [1.54, 1.807) is 13.8 Å². The summed E-state index contributed by atoms with van der Waals surface area (Å²) in [6, 6.07) is 14.2. The predicted octanol–water partition coefficient (Wildman–Crippen LogP) is 2.25. The van der Waals surface area contributed by atoms with Crippen LogP contribution in [0.4, 0.5) is 0 Å². The Labute approximate surface area is 249 Å². The first-order valence-electron chi connectivity index (χ1n) is 14.4. The van der Waals surface area contributed by atoms with E-state index in [0.717, 1.165) is 34.2 Å². The summed E-state index contributed by atoms with van der Waals surface area (Å²) in [5, 5.41) is 25.7. The quantitative estimate of drug-likeness (QED) is 0.200. The fraction of sp³-hybridized carbons (Fsp3) is 0.515. The van der Waals surface area contributed by atoms with Gasteiger partial charge in [0.2, 0.25) is 11.8 Å². The van der Waals surface area contributed by atoms with Crippen molar-refractivity contribution in [3.63, 3.8) is 0 Å². The van der Waals surface area contributed by atoms with Crippen LogP contribution in [0.2, 0.25) is 0 Å². The Bertz CT molecular complexity index is 1220. The number of carbonyl (C=O) groups is 2. The molecule has 2 aromatic rings. The number of aliphatic hydroxyl groups is 2. The highest BCUT2D eigenvalue weighted by molar-refractivity contribution is 5.90. The van der Waals surface area contributed by atoms with Gasteiger partial charge in [0.25, 0.3) is 0 Å². The molecule has 0 spiro atoms. The van der Waals surface area contributed by atoms with Gasteiger partial charge in [-0.1, -0.05) is 48.4 Å². The van der Waals surface area contributed by atoms with Crippen LogP contribution in [0.15, 0.2) is 42.5 Å². The fourth-order valence-electron chi connectivity index (χ4n) is 4.79. The maximum atomic E-state index is 12.5. The smallest absolute Gasteiger partial charge is 0.245 e. The third kappa shape index (κ3) is 10.2. The van der Waals surface area contributed by atoms with Crippen LogP contribution in [0.5, 0.6) is 0 Å². The summed E-state index contributed by atoms with van der Waals surface area (Å²) in [5.41, 5.74) is 4.32. The molecule has 9 heteroatoms. The van der Waals surface area contributed by atoms with Crippen LogP contribution in [0.25, 0.3) is 0 Å². The first-order valence-corrected chi connectivity index (χ1v) is 14.4. The van der Waals surface area contributed by atoms with Gasteiger partial charge in [-0.2, -0.15) is 0 Å². The van der Waals surface area contributed by atoms with Crippen LogP contribution >= 0.6 is 0 Å². The number of hydrogen-bond acceptors (Lipinski definition) is 7. The minimum atomic E-state index is -1.04. The Morgan fingerprint density at radius 2 is 1.88 bits per heavy atom. The first kappa shape index (κ1) is 33.2. The van der Waals surface area contributed by atoms with Crippen molar-refractivity contribution in [1.82, 2.24) is 15.5 Å². The number of nitrogens with one attached hydrogen (secondary N) is 2. The Hall–Kier alpha value is -3.26. The number of rotatable bonds is 14. The highest BCUT2D eigenvalue weighted by Crippen LogP contribution is 2.30. The van der Waals surface area contributed by atoms with Gasteiger partial charge in [0, 0.05) is 19.5 Å². The van der Waals surface area contributed by atoms with Gasteiger partial charge in [0.1, 0.15) is 11.6 Å². The van der Waals surface area contributed by atoms with Gasteiger partial charge in [-0.25, -0.2) is 0 Å². The molecule has 2 aromatic carbocycles. The van der Waals surface area contributed by atoms with Gasteiger partial charge in [0.05, 0.1) is 45.0 Å². The average molecular weight is 580 g/mol. The van der Waals surface area contributed by atoms with Gasteiger partial charge in [0.15, 0.2) is 0 Å². The van der Waals surface area contributed by atoms with Crippen molar-refractivity contribution in [3.8, 4) is 12.3 Å². The average Bonchev–Trinajstić information content (AvgIpc) is 2.93. The van der Waals surface area contributed by atoms with Crippen LogP contribution in [0.1, 0.15) is 60.6 Å². The van der Waals surface area contributed by atoms with Crippen LogP contribution in [-0.4, -0.2) is 84.6 Å². The lowest BCUT2D eigenvalue weighted by Gasteiger charge is -2.31. The molecule has 42 heavy (non-hydrogen) atoms. The van der Waals surface area contributed by atoms with Crippen LogP contribution in [-0.2, 0) is 32.1 Å². The van der Waals surface area contributed by atoms with Gasteiger partial charge in [-0.15, -0.1) is 6.42 Å². The van der Waals surface area contributed by atoms with Gasteiger partial charge in [-0.3, -0.25) is 14.5 Å². The molecule has 0 radical (unpaired) electrons. The zero-order chi connectivity index (χ0) is 30.7. The highest BCUT2D eigenvalue weighted by Gasteiger charge is 2.31. The molecule has 1 saturated heterocycles. The predicted molar refractivity (Wildman–Crippen MR) is 162 cm³/mol. The third-order valence-corrected chi connectivity index (χ3v) is 7.35. The molecule has 3 atom stereocenters. The van der Waals surface area contributed by atoms with E-state index in [0.29, 0.717) is 32.7 Å². The maximum Gasteiger partial charge on any atom is 0.245 e. The summed E-state index contributed by atoms with van der Waals surface area (Å²) in [5.74, 6) is 2.04. The largest absolute Gasteiger partial charge is 0.391 e. The Kier molecular flexibility index (Phi) is 12.5. The molecule has 4 N–H and O–H groups in total. The summed E-state index contributed by atoms with van der Waals surface area (Å²) in [4.78, 5) is 26.8. The molecule has 1 fully saturated rings. The molecule has 2 unspecified atom stereocenters. The normalized spacial score (nSPS) is 18.9. The lowest BCUT2D eigenvalue weighted by atomic mass is 9.92. The van der Waals surface area contributed by atoms with Crippen LogP contribution in [0.3, 0.4) is 0 Å². The van der Waals surface area contributed by atoms with E-state index in [1.165, 1.54) is 0 Å². The lowest BCUT2D eigenvalue weighted by Crippen LogP contribution is -2.55. The second-order valence-corrected chi connectivity index (χ2v) is 11.6. The number of carbonyl (C=O) groups excluding carboxylic acids is 2. The Balaban J connectivity index is 1.41. The third-order valence-electron chi connectivity index (χ3n) is 7.35. The molecule has 1 heterocycles. The lowest BCUT2D eigenvalue weighted by molar-refractivity contribution is -0.132. The van der Waals surface area contributed by atoms with E-state index in [2.05, 4.69) is 41.7 Å². The van der Waals surface area contributed by atoms with Crippen LogP contribution < -0.4 is 10.6 Å². The van der Waals surface area contributed by atoms with E-state index in [4.69, 9.17) is 15.9 Å². The number of aliphatic hydroxyl groups excluding tert-OH is 2. The van der Waals surface area contributed by atoms with E-state index in [9.17, 15) is 19.8 Å². The number of benzene rings is 2. The topological polar surface area (TPSA) is 120 Å². The minimum Gasteiger partial charge on any atom is -0.391 e. The van der Waals surface area contributed by atoms with Crippen molar-refractivity contribution in [3.05, 3.63) is 70.3 Å². The number of likely N-dealkylation sites (N-methyl/N-ethyl adjacent to an activating group) is 1. The molecule has 2 amide bonds. The van der Waals surface area contributed by atoms with E-state index < -0.39 is 23.9 Å². The van der Waals surface area contributed by atoms with Crippen molar-refractivity contribution in [2.45, 2.75) is 70.5 Å². The SMILES string of the molecule is C#CCN(C)CCNC(=O)C(C)(C)NC(=O)CCOCc1ccc(Cc2cc([C@@H]3OCC(O)CC3O)ccc2C)cc1. The minimum absolute atomic E-state index is 0.147. The van der Waals surface area contributed by atoms with Crippen molar-refractivity contribution in [2.75, 3.05) is 39.9 Å². The number of ether oxygens (including phenoxy) is 2. The molecule has 1 aliphatic heterocycles. The van der Waals surface area contributed by atoms with Crippen molar-refractivity contribution in [1.29, 1.82) is 0 Å². The van der Waals surface area contributed by atoms with Gasteiger partial charge < -0.3 is 30.3 Å². The molecule has 3 rings (SSSR count). The molecule has 0 aromatic heterocycles. The zero-order valence-electron chi connectivity index (χ0n) is 25.2. The molecular formula is C33H45N3O6. The second kappa shape index (κ2) is 15.8. The summed E-state index contributed by atoms with van der Waals surface area (Å²) in [6.45, 7) is 7.80. The van der Waals surface area contributed by atoms with Crippen molar-refractivity contribution >= 4 is 11.8 Å². The Morgan fingerprint density at radius 3 is 2.57 bits per heavy atom. The monoisotopic (exact) mass is 579 g/mol. The molecule has 9 nitrogen and oxygen atoms in total. The Morgan fingerprint density at radius 1 is 1.17 bits per heavy atom. The summed E-state index contributed by atoms with van der Waals surface area (Å²) in [7, 11) is 1.88. The molecule has 0 aliphatic carbocycles. The van der Waals surface area contributed by atoms with Crippen molar-refractivity contribution < 1.29 is 29.3 Å². The molecular weight excluding hydrogens is 534 g/mol. The standard InChI is InChI=1S/C33H45N3O6/c1-6-15-36(5)16-14-34-32(40)33(3,4)35-30(39)13-17-41-21-25-10-8-24(9-11-25)18-27-19-26(12-7-23(27)2)31-29(38)20-28(37)22-42-31/h1,7-12,19,28-29,31,37-38H,13-18,20-22H2,2-5H3,(H,34,40)(H,35,39)/t28?,29?,31-/m0/s1. The maximum absolute atomic E-state index is 12.5. The molecule has 1 aliphatic rings. The van der Waals surface area contributed by atoms with E-state index in [1.807, 2.05) is 36.2 Å². The van der Waals surface area contributed by atoms with Gasteiger partial charge in [-0.05, 0) is 62.1 Å². The summed E-state index contributed by atoms with van der Waals surface area (Å²) >= 11 is 0. The zero-order valence-corrected chi connectivity index (χ0v) is 25.2. The second-order valence-electron chi connectivity index (χ2n) is 11.6. The van der Waals surface area contributed by atoms with Crippen molar-refractivity contribution in [2.24, 2.45) is 0 Å². The molecule has 0 bridgehead atoms. The molecule has 228 valence electrons. The van der Waals surface area contributed by atoms with E-state index >= 15 is 0 Å². The summed E-state index contributed by atoms with van der Waals surface area (Å²) < 4.78 is 11.4. The highest BCUT2D eigenvalue weighted by atomic mass is 16.5. The number of amides is 2. The number of hydrogen-bond donors (Lipinski definition) is 4. The number of aryl methyl sites for hydroxylation is 1. The van der Waals surface area contributed by atoms with E-state index in [-0.39, 0.29) is 31.4 Å².